The molecular weight excluding hydrogens is 218 g/mol. The molecular formula is C12H7N3S. The van der Waals surface area contributed by atoms with Crippen molar-refractivity contribution in [3.05, 3.63) is 62.7 Å². The fourth-order valence-electron chi connectivity index (χ4n) is 1.19. The van der Waals surface area contributed by atoms with Gasteiger partial charge in [0.15, 0.2) is 0 Å². The van der Waals surface area contributed by atoms with Crippen LogP contribution in [0, 0.1) is 11.8 Å². The van der Waals surface area contributed by atoms with Crippen molar-refractivity contribution in [3.8, 4) is 11.8 Å². The summed E-state index contributed by atoms with van der Waals surface area (Å²) in [4.78, 5) is 2.77. The lowest BCUT2D eigenvalue weighted by Gasteiger charge is -1.94. The standard InChI is InChI=1S/C12H7N3S/c13-15-14-12-4-2-1-3-11(12)6-5-10-7-8-16-9-10/h1-4,7-9H. The molecule has 16 heavy (non-hydrogen) atoms. The summed E-state index contributed by atoms with van der Waals surface area (Å²) in [6, 6.07) is 9.22. The van der Waals surface area contributed by atoms with Gasteiger partial charge in [0.2, 0.25) is 0 Å². The van der Waals surface area contributed by atoms with E-state index in [9.17, 15) is 0 Å². The average Bonchev–Trinajstić information content (AvgIpc) is 2.81. The largest absolute Gasteiger partial charge is 0.151 e. The van der Waals surface area contributed by atoms with Crippen molar-refractivity contribution in [2.45, 2.75) is 0 Å². The number of benzene rings is 1. The summed E-state index contributed by atoms with van der Waals surface area (Å²) in [7, 11) is 0. The lowest BCUT2D eigenvalue weighted by molar-refractivity contribution is 1.45. The third kappa shape index (κ3) is 2.43. The van der Waals surface area contributed by atoms with Gasteiger partial charge in [-0.25, -0.2) is 0 Å². The van der Waals surface area contributed by atoms with E-state index in [1.54, 1.807) is 17.4 Å². The summed E-state index contributed by atoms with van der Waals surface area (Å²) in [5.41, 5.74) is 10.7. The van der Waals surface area contributed by atoms with Crippen LogP contribution < -0.4 is 0 Å². The van der Waals surface area contributed by atoms with E-state index < -0.39 is 0 Å². The molecule has 2 aromatic rings. The van der Waals surface area contributed by atoms with Gasteiger partial charge >= 0.3 is 0 Å². The second kappa shape index (κ2) is 5.04. The third-order valence-corrected chi connectivity index (χ3v) is 2.60. The van der Waals surface area contributed by atoms with E-state index in [2.05, 4.69) is 21.9 Å². The Hall–Kier alpha value is -2.21. The molecule has 0 radical (unpaired) electrons. The molecule has 0 aliphatic rings. The van der Waals surface area contributed by atoms with E-state index in [1.165, 1.54) is 0 Å². The van der Waals surface area contributed by atoms with Gasteiger partial charge in [-0.2, -0.15) is 11.3 Å². The van der Waals surface area contributed by atoms with Gasteiger partial charge in [0, 0.05) is 21.4 Å². The number of hydrogen-bond acceptors (Lipinski definition) is 2. The Labute approximate surface area is 97.0 Å². The molecule has 0 aliphatic heterocycles. The fraction of sp³-hybridized carbons (Fsp3) is 0. The van der Waals surface area contributed by atoms with Crippen LogP contribution >= 0.6 is 11.3 Å². The fourth-order valence-corrected chi connectivity index (χ4v) is 1.78. The maximum atomic E-state index is 8.41. The minimum Gasteiger partial charge on any atom is -0.151 e. The van der Waals surface area contributed by atoms with Gasteiger partial charge < -0.3 is 0 Å². The predicted molar refractivity (Wildman–Crippen MR) is 65.5 cm³/mol. The Kier molecular flexibility index (Phi) is 3.25. The second-order valence-electron chi connectivity index (χ2n) is 2.97. The van der Waals surface area contributed by atoms with Crippen LogP contribution in [0.1, 0.15) is 11.1 Å². The highest BCUT2D eigenvalue weighted by molar-refractivity contribution is 7.08. The second-order valence-corrected chi connectivity index (χ2v) is 3.75. The zero-order valence-electron chi connectivity index (χ0n) is 8.29. The summed E-state index contributed by atoms with van der Waals surface area (Å²) >= 11 is 1.60. The summed E-state index contributed by atoms with van der Waals surface area (Å²) in [6.07, 6.45) is 0. The zero-order chi connectivity index (χ0) is 11.2. The van der Waals surface area contributed by atoms with Crippen LogP contribution in [0.25, 0.3) is 10.4 Å². The van der Waals surface area contributed by atoms with Crippen LogP contribution in [0.15, 0.2) is 46.2 Å². The molecule has 1 heterocycles. The molecule has 0 N–H and O–H groups in total. The van der Waals surface area contributed by atoms with E-state index >= 15 is 0 Å². The number of azide groups is 1. The zero-order valence-corrected chi connectivity index (χ0v) is 9.11. The Balaban J connectivity index is 2.37. The normalized spacial score (nSPS) is 8.75. The first-order chi connectivity index (χ1) is 7.90. The van der Waals surface area contributed by atoms with Crippen molar-refractivity contribution >= 4 is 17.0 Å². The molecule has 0 atom stereocenters. The molecule has 0 unspecified atom stereocenters. The molecule has 0 saturated heterocycles. The molecule has 1 aromatic carbocycles. The van der Waals surface area contributed by atoms with Crippen LogP contribution in [-0.4, -0.2) is 0 Å². The average molecular weight is 225 g/mol. The van der Waals surface area contributed by atoms with Gasteiger partial charge in [0.25, 0.3) is 0 Å². The van der Waals surface area contributed by atoms with Crippen molar-refractivity contribution < 1.29 is 0 Å². The SMILES string of the molecule is [N-]=[N+]=Nc1ccccc1C#Cc1ccsc1. The minimum atomic E-state index is 0.563. The molecule has 1 aromatic heterocycles. The van der Waals surface area contributed by atoms with E-state index in [0.717, 1.165) is 11.1 Å². The molecule has 0 bridgehead atoms. The molecule has 0 spiro atoms. The summed E-state index contributed by atoms with van der Waals surface area (Å²) in [5, 5.41) is 7.54. The molecule has 3 nitrogen and oxygen atoms in total. The summed E-state index contributed by atoms with van der Waals surface area (Å²) in [5.74, 6) is 6.01. The first kappa shape index (κ1) is 10.3. The molecule has 0 amide bonds. The van der Waals surface area contributed by atoms with Gasteiger partial charge in [-0.15, -0.1) is 0 Å². The van der Waals surface area contributed by atoms with Crippen molar-refractivity contribution in [2.24, 2.45) is 5.11 Å². The van der Waals surface area contributed by atoms with Crippen molar-refractivity contribution in [1.29, 1.82) is 0 Å². The van der Waals surface area contributed by atoms with Crippen LogP contribution in [0.2, 0.25) is 0 Å². The van der Waals surface area contributed by atoms with Crippen LogP contribution in [0.4, 0.5) is 5.69 Å². The Morgan fingerprint density at radius 2 is 2.06 bits per heavy atom. The number of hydrogen-bond donors (Lipinski definition) is 0. The highest BCUT2D eigenvalue weighted by Crippen LogP contribution is 2.17. The molecule has 0 aliphatic carbocycles. The quantitative estimate of drug-likeness (QED) is 0.304. The highest BCUT2D eigenvalue weighted by Gasteiger charge is 1.94. The van der Waals surface area contributed by atoms with Crippen molar-refractivity contribution in [2.75, 3.05) is 0 Å². The number of rotatable bonds is 1. The molecule has 2 rings (SSSR count). The van der Waals surface area contributed by atoms with Crippen LogP contribution in [-0.2, 0) is 0 Å². The van der Waals surface area contributed by atoms with Crippen LogP contribution in [0.3, 0.4) is 0 Å². The molecule has 76 valence electrons. The van der Waals surface area contributed by atoms with Gasteiger partial charge in [0.1, 0.15) is 0 Å². The number of thiophene rings is 1. The van der Waals surface area contributed by atoms with Crippen molar-refractivity contribution in [1.82, 2.24) is 0 Å². The first-order valence-corrected chi connectivity index (χ1v) is 5.53. The molecule has 0 saturated carbocycles. The topological polar surface area (TPSA) is 48.8 Å². The number of nitrogens with zero attached hydrogens (tertiary/aromatic N) is 3. The maximum absolute atomic E-state index is 8.41. The lowest BCUT2D eigenvalue weighted by atomic mass is 10.2. The molecule has 4 heteroatoms. The summed E-state index contributed by atoms with van der Waals surface area (Å²) < 4.78 is 0. The predicted octanol–water partition coefficient (Wildman–Crippen LogP) is 4.09. The van der Waals surface area contributed by atoms with Crippen LogP contribution in [0.5, 0.6) is 0 Å². The van der Waals surface area contributed by atoms with E-state index in [-0.39, 0.29) is 0 Å². The monoisotopic (exact) mass is 225 g/mol. The minimum absolute atomic E-state index is 0.563. The van der Waals surface area contributed by atoms with Crippen molar-refractivity contribution in [3.63, 3.8) is 0 Å². The maximum Gasteiger partial charge on any atom is 0.0532 e. The molecule has 0 fully saturated rings. The lowest BCUT2D eigenvalue weighted by Crippen LogP contribution is -1.74. The highest BCUT2D eigenvalue weighted by atomic mass is 32.1. The van der Waals surface area contributed by atoms with Gasteiger partial charge in [-0.1, -0.05) is 35.2 Å². The Bertz CT molecular complexity index is 584. The Morgan fingerprint density at radius 3 is 2.81 bits per heavy atom. The first-order valence-electron chi connectivity index (χ1n) is 4.58. The Morgan fingerprint density at radius 1 is 1.19 bits per heavy atom. The third-order valence-electron chi connectivity index (χ3n) is 1.92. The van der Waals surface area contributed by atoms with E-state index in [4.69, 9.17) is 5.53 Å². The smallest absolute Gasteiger partial charge is 0.0532 e. The van der Waals surface area contributed by atoms with E-state index in [1.807, 2.05) is 35.0 Å². The van der Waals surface area contributed by atoms with Gasteiger partial charge in [0.05, 0.1) is 5.69 Å². The van der Waals surface area contributed by atoms with E-state index in [0.29, 0.717) is 5.69 Å². The van der Waals surface area contributed by atoms with Gasteiger partial charge in [-0.3, -0.25) is 0 Å². The van der Waals surface area contributed by atoms with Gasteiger partial charge in [-0.05, 0) is 23.0 Å². The summed E-state index contributed by atoms with van der Waals surface area (Å²) in [6.45, 7) is 0.